The first kappa shape index (κ1) is 32.7. The van der Waals surface area contributed by atoms with Crippen molar-refractivity contribution in [1.29, 1.82) is 0 Å². The summed E-state index contributed by atoms with van der Waals surface area (Å²) in [5, 5.41) is 4.06. The van der Waals surface area contributed by atoms with Gasteiger partial charge in [-0.3, -0.25) is 19.2 Å². The molecule has 1 saturated heterocycles. The molecule has 1 fully saturated rings. The smallest absolute Gasteiger partial charge is 0.303 e. The predicted octanol–water partition coefficient (Wildman–Crippen LogP) is 2.95. The fourth-order valence-corrected chi connectivity index (χ4v) is 4.27. The molecule has 1 aromatic carbocycles. The molecule has 2 rings (SSSR count). The molecule has 222 valence electrons. The highest BCUT2D eigenvalue weighted by Gasteiger charge is 2.53. The fourth-order valence-electron chi connectivity index (χ4n) is 4.27. The minimum atomic E-state index is -1.40. The third kappa shape index (κ3) is 10.6. The number of nitrogens with zero attached hydrogens (tertiary/aromatic N) is 1. The lowest BCUT2D eigenvalue weighted by Gasteiger charge is -2.42. The van der Waals surface area contributed by atoms with E-state index < -0.39 is 54.6 Å². The van der Waals surface area contributed by atoms with E-state index in [4.69, 9.17) is 33.3 Å². The Morgan fingerprint density at radius 3 is 1.98 bits per heavy atom. The molecule has 0 aromatic heterocycles. The third-order valence-electron chi connectivity index (χ3n) is 5.87. The lowest BCUT2D eigenvalue weighted by Crippen LogP contribution is -2.62. The lowest BCUT2D eigenvalue weighted by molar-refractivity contribution is -0.308. The van der Waals surface area contributed by atoms with Crippen molar-refractivity contribution in [1.82, 2.24) is 0 Å². The predicted molar refractivity (Wildman–Crippen MR) is 141 cm³/mol. The zero-order valence-corrected chi connectivity index (χ0v) is 23.9. The highest BCUT2D eigenvalue weighted by molar-refractivity contribution is 5.68. The summed E-state index contributed by atoms with van der Waals surface area (Å²) in [7, 11) is 0. The second-order valence-corrected chi connectivity index (χ2v) is 9.79. The van der Waals surface area contributed by atoms with Gasteiger partial charge >= 0.3 is 23.9 Å². The van der Waals surface area contributed by atoms with Gasteiger partial charge in [0, 0.05) is 39.8 Å². The first-order valence-electron chi connectivity index (χ1n) is 13.0. The van der Waals surface area contributed by atoms with Crippen LogP contribution in [0.25, 0.3) is 0 Å². The average Bonchev–Trinajstić information content (AvgIpc) is 2.86. The molecule has 12 nitrogen and oxygen atoms in total. The van der Waals surface area contributed by atoms with Crippen LogP contribution >= 0.6 is 0 Å². The van der Waals surface area contributed by atoms with E-state index in [2.05, 4.69) is 5.16 Å². The molecular weight excluding hydrogens is 526 g/mol. The largest absolute Gasteiger partial charge is 0.463 e. The van der Waals surface area contributed by atoms with Crippen molar-refractivity contribution in [2.75, 3.05) is 6.61 Å². The summed E-state index contributed by atoms with van der Waals surface area (Å²) in [6, 6.07) is 9.77. The molecule has 0 spiro atoms. The van der Waals surface area contributed by atoms with Crippen LogP contribution < -0.4 is 0 Å². The molecule has 0 radical (unpaired) electrons. The Morgan fingerprint density at radius 1 is 0.850 bits per heavy atom. The van der Waals surface area contributed by atoms with Crippen LogP contribution in [0.1, 0.15) is 54.0 Å². The first-order valence-corrected chi connectivity index (χ1v) is 13.0. The van der Waals surface area contributed by atoms with E-state index in [0.717, 1.165) is 26.3 Å². The molecule has 40 heavy (non-hydrogen) atoms. The minimum absolute atomic E-state index is 0.149. The van der Waals surface area contributed by atoms with E-state index >= 15 is 0 Å². The summed E-state index contributed by atoms with van der Waals surface area (Å²) >= 11 is 0. The molecule has 0 saturated carbocycles. The van der Waals surface area contributed by atoms with E-state index in [9.17, 15) is 19.2 Å². The maximum absolute atomic E-state index is 11.9. The summed E-state index contributed by atoms with van der Waals surface area (Å²) in [6.45, 7) is 10.7. The number of oxime groups is 1. The maximum atomic E-state index is 11.9. The number of benzene rings is 1. The molecule has 1 heterocycles. The molecule has 12 heteroatoms. The van der Waals surface area contributed by atoms with Gasteiger partial charge in [0.25, 0.3) is 6.29 Å². The van der Waals surface area contributed by atoms with Crippen molar-refractivity contribution in [3.05, 3.63) is 35.9 Å². The van der Waals surface area contributed by atoms with Crippen LogP contribution in [0.4, 0.5) is 0 Å². The molecule has 0 aliphatic carbocycles. The van der Waals surface area contributed by atoms with Gasteiger partial charge in [-0.15, -0.1) is 0 Å². The van der Waals surface area contributed by atoms with Gasteiger partial charge in [0.15, 0.2) is 12.2 Å². The van der Waals surface area contributed by atoms with Crippen LogP contribution in [-0.2, 0) is 59.0 Å². The normalized spacial score (nSPS) is 24.1. The molecular formula is C28H39NO11. The topological polar surface area (TPSA) is 145 Å². The second-order valence-electron chi connectivity index (χ2n) is 9.79. The minimum Gasteiger partial charge on any atom is -0.463 e. The Balaban J connectivity index is 2.26. The Bertz CT molecular complexity index is 1010. The average molecular weight is 566 g/mol. The van der Waals surface area contributed by atoms with Crippen molar-refractivity contribution in [2.24, 2.45) is 17.0 Å². The van der Waals surface area contributed by atoms with Gasteiger partial charge in [-0.25, -0.2) is 0 Å². The molecule has 0 amide bonds. The monoisotopic (exact) mass is 565 g/mol. The first-order chi connectivity index (χ1) is 18.9. The molecule has 7 atom stereocenters. The van der Waals surface area contributed by atoms with E-state index in [1.807, 2.05) is 51.1 Å². The van der Waals surface area contributed by atoms with Gasteiger partial charge in [-0.05, 0) is 11.5 Å². The zero-order chi connectivity index (χ0) is 29.8. The number of ether oxygens (including phenoxy) is 6. The number of esters is 4. The van der Waals surface area contributed by atoms with Crippen LogP contribution in [0, 0.1) is 11.8 Å². The van der Waals surface area contributed by atoms with Crippen LogP contribution in [-0.4, -0.2) is 73.5 Å². The van der Waals surface area contributed by atoms with E-state index in [0.29, 0.717) is 6.61 Å². The van der Waals surface area contributed by atoms with Crippen molar-refractivity contribution in [3.8, 4) is 0 Å². The van der Waals surface area contributed by atoms with Crippen molar-refractivity contribution in [3.63, 3.8) is 0 Å². The zero-order valence-electron chi connectivity index (χ0n) is 23.9. The molecule has 0 unspecified atom stereocenters. The van der Waals surface area contributed by atoms with Gasteiger partial charge in [-0.1, -0.05) is 56.3 Å². The summed E-state index contributed by atoms with van der Waals surface area (Å²) in [4.78, 5) is 52.8. The van der Waals surface area contributed by atoms with Crippen molar-refractivity contribution in [2.45, 2.75) is 91.9 Å². The Labute approximate surface area is 234 Å². The van der Waals surface area contributed by atoms with Crippen LogP contribution in [0.15, 0.2) is 35.5 Å². The fraction of sp³-hybridized carbons (Fsp3) is 0.607. The van der Waals surface area contributed by atoms with Gasteiger partial charge in [0.2, 0.25) is 6.10 Å². The molecule has 0 N–H and O–H groups in total. The number of carbonyl (C=O) groups excluding carboxylic acids is 4. The number of hydrogen-bond donors (Lipinski definition) is 0. The standard InChI is InChI=1S/C28H39NO11/c1-16(2)24(35-14-22-11-9-8-10-12-22)17(3)13-29-40-28-27(38-21(7)33)26(37-20(6)32)25(36-19(5)31)23(39-28)15-34-18(4)30/h8-13,16-17,23-28H,14-15H2,1-7H3/t17-,23-,24-,25-,26+,27+,28+/m1/s1. The van der Waals surface area contributed by atoms with Crippen LogP contribution in [0.2, 0.25) is 0 Å². The van der Waals surface area contributed by atoms with E-state index in [1.54, 1.807) is 0 Å². The van der Waals surface area contributed by atoms with Gasteiger partial charge in [-0.2, -0.15) is 0 Å². The quantitative estimate of drug-likeness (QED) is 0.151. The van der Waals surface area contributed by atoms with Crippen LogP contribution in [0.3, 0.4) is 0 Å². The maximum Gasteiger partial charge on any atom is 0.303 e. The highest BCUT2D eigenvalue weighted by Crippen LogP contribution is 2.30. The Morgan fingerprint density at radius 2 is 1.43 bits per heavy atom. The molecule has 0 bridgehead atoms. The summed E-state index contributed by atoms with van der Waals surface area (Å²) < 4.78 is 33.2. The third-order valence-corrected chi connectivity index (χ3v) is 5.87. The summed E-state index contributed by atoms with van der Waals surface area (Å²) in [6.07, 6.45) is -5.17. The number of rotatable bonds is 13. The molecule has 1 aromatic rings. The SMILES string of the molecule is CC(=O)OC[C@H]1O[C@@H](ON=C[C@@H](C)[C@H](OCc2ccccc2)C(C)C)[C@@H](OC(C)=O)[C@@H](OC(C)=O)[C@@H]1OC(C)=O. The van der Waals surface area contributed by atoms with Gasteiger partial charge in [0.05, 0.1) is 12.7 Å². The Hall–Kier alpha value is -3.51. The second kappa shape index (κ2) is 15.9. The van der Waals surface area contributed by atoms with E-state index in [1.165, 1.54) is 13.1 Å². The lowest BCUT2D eigenvalue weighted by atomic mass is 9.95. The number of carbonyl (C=O) groups is 4. The molecule has 1 aliphatic rings. The highest BCUT2D eigenvalue weighted by atomic mass is 16.8. The summed E-state index contributed by atoms with van der Waals surface area (Å²) in [5.74, 6) is -2.85. The molecule has 1 aliphatic heterocycles. The summed E-state index contributed by atoms with van der Waals surface area (Å²) in [5.41, 5.74) is 1.03. The van der Waals surface area contributed by atoms with E-state index in [-0.39, 0.29) is 24.5 Å². The Kier molecular flexibility index (Phi) is 13.0. The van der Waals surface area contributed by atoms with Crippen LogP contribution in [0.5, 0.6) is 0 Å². The van der Waals surface area contributed by atoms with Crippen molar-refractivity contribution < 1.29 is 52.4 Å². The number of hydrogen-bond acceptors (Lipinski definition) is 12. The van der Waals surface area contributed by atoms with Gasteiger partial charge in [0.1, 0.15) is 12.7 Å². The van der Waals surface area contributed by atoms with Crippen molar-refractivity contribution >= 4 is 30.1 Å². The van der Waals surface area contributed by atoms with Gasteiger partial charge < -0.3 is 33.3 Å².